The summed E-state index contributed by atoms with van der Waals surface area (Å²) in [5, 5.41) is 6.15. The van der Waals surface area contributed by atoms with Gasteiger partial charge < -0.3 is 14.5 Å². The standard InChI is InChI=1S/C43H27NO2/c1-2-13-27(14-3-1)28-25-26-35(44-34-20-12-24-39-41(34)30-16-5-9-21-36(30)45-39)42-40(28)29-15-4-6-17-31(29)43(42)32-18-7-10-22-37(32)46-38-23-11-8-19-33(38)43/h1-26,44H. The SMILES string of the molecule is c1ccc(-c2ccc(Nc3cccc4oc5ccccc5c34)c3c2-c2ccccc2C32c3ccccc3Oc3ccccc32)cc1. The van der Waals surface area contributed by atoms with Crippen LogP contribution in [0.2, 0.25) is 0 Å². The minimum Gasteiger partial charge on any atom is -0.457 e. The highest BCUT2D eigenvalue weighted by Crippen LogP contribution is 2.65. The van der Waals surface area contributed by atoms with Crippen molar-refractivity contribution in [3.8, 4) is 33.8 Å². The van der Waals surface area contributed by atoms with Gasteiger partial charge >= 0.3 is 0 Å². The van der Waals surface area contributed by atoms with Crippen molar-refractivity contribution in [3.05, 3.63) is 180 Å². The van der Waals surface area contributed by atoms with E-state index in [2.05, 4.69) is 145 Å². The highest BCUT2D eigenvalue weighted by molar-refractivity contribution is 6.12. The van der Waals surface area contributed by atoms with Crippen LogP contribution < -0.4 is 10.1 Å². The van der Waals surface area contributed by atoms with Crippen LogP contribution in [-0.2, 0) is 5.41 Å². The van der Waals surface area contributed by atoms with Crippen LogP contribution in [0.25, 0.3) is 44.2 Å². The third kappa shape index (κ3) is 3.32. The summed E-state index contributed by atoms with van der Waals surface area (Å²) < 4.78 is 12.9. The minimum absolute atomic E-state index is 0.614. The first-order valence-corrected chi connectivity index (χ1v) is 15.7. The van der Waals surface area contributed by atoms with Crippen LogP contribution in [0.1, 0.15) is 22.3 Å². The van der Waals surface area contributed by atoms with Gasteiger partial charge in [0.05, 0.1) is 16.5 Å². The highest BCUT2D eigenvalue weighted by Gasteiger charge is 2.53. The van der Waals surface area contributed by atoms with Crippen LogP contribution in [0.3, 0.4) is 0 Å². The Morgan fingerprint density at radius 1 is 0.457 bits per heavy atom. The lowest BCUT2D eigenvalue weighted by molar-refractivity contribution is 0.436. The largest absolute Gasteiger partial charge is 0.457 e. The van der Waals surface area contributed by atoms with Gasteiger partial charge in [-0.1, -0.05) is 121 Å². The van der Waals surface area contributed by atoms with Crippen molar-refractivity contribution in [1.29, 1.82) is 0 Å². The van der Waals surface area contributed by atoms with Crippen LogP contribution in [0, 0.1) is 0 Å². The van der Waals surface area contributed by atoms with Crippen LogP contribution in [-0.4, -0.2) is 0 Å². The summed E-state index contributed by atoms with van der Waals surface area (Å²) in [6, 6.07) is 55.8. The first-order valence-electron chi connectivity index (χ1n) is 15.7. The first-order chi connectivity index (χ1) is 22.8. The predicted molar refractivity (Wildman–Crippen MR) is 186 cm³/mol. The Labute approximate surface area is 266 Å². The zero-order chi connectivity index (χ0) is 30.2. The average molecular weight is 590 g/mol. The maximum atomic E-state index is 6.63. The van der Waals surface area contributed by atoms with E-state index in [-0.39, 0.29) is 0 Å². The van der Waals surface area contributed by atoms with Crippen molar-refractivity contribution >= 4 is 33.3 Å². The van der Waals surface area contributed by atoms with E-state index < -0.39 is 5.41 Å². The summed E-state index contributed by atoms with van der Waals surface area (Å²) in [5.41, 5.74) is 12.8. The Kier molecular flexibility index (Phi) is 5.20. The molecule has 216 valence electrons. The molecule has 0 unspecified atom stereocenters. The fraction of sp³-hybridized carbons (Fsp3) is 0.0233. The molecule has 7 aromatic carbocycles. The molecule has 0 saturated carbocycles. The number of rotatable bonds is 3. The van der Waals surface area contributed by atoms with Gasteiger partial charge in [-0.2, -0.15) is 0 Å². The smallest absolute Gasteiger partial charge is 0.137 e. The van der Waals surface area contributed by atoms with Crippen LogP contribution in [0.4, 0.5) is 11.4 Å². The van der Waals surface area contributed by atoms with Crippen molar-refractivity contribution < 1.29 is 9.15 Å². The van der Waals surface area contributed by atoms with Gasteiger partial charge in [-0.3, -0.25) is 0 Å². The van der Waals surface area contributed by atoms with E-state index in [0.717, 1.165) is 55.9 Å². The molecule has 2 aliphatic rings. The molecular weight excluding hydrogens is 562 g/mol. The second-order valence-corrected chi connectivity index (χ2v) is 12.1. The molecule has 0 atom stereocenters. The lowest BCUT2D eigenvalue weighted by Gasteiger charge is -2.40. The second-order valence-electron chi connectivity index (χ2n) is 12.1. The molecule has 46 heavy (non-hydrogen) atoms. The number of anilines is 2. The fourth-order valence-electron chi connectivity index (χ4n) is 7.97. The third-order valence-corrected chi connectivity index (χ3v) is 9.74. The van der Waals surface area contributed by atoms with E-state index in [0.29, 0.717) is 0 Å². The maximum absolute atomic E-state index is 6.63. The number of para-hydroxylation sites is 3. The Balaban J connectivity index is 1.35. The molecule has 2 heterocycles. The Morgan fingerprint density at radius 2 is 1.11 bits per heavy atom. The molecule has 1 aliphatic carbocycles. The number of ether oxygens (including phenoxy) is 1. The van der Waals surface area contributed by atoms with E-state index in [1.165, 1.54) is 33.4 Å². The Bertz CT molecular complexity index is 2440. The Hall–Kier alpha value is -6.06. The number of fused-ring (bicyclic) bond motifs is 12. The molecule has 3 nitrogen and oxygen atoms in total. The van der Waals surface area contributed by atoms with Gasteiger partial charge in [0.25, 0.3) is 0 Å². The van der Waals surface area contributed by atoms with Gasteiger partial charge in [0.1, 0.15) is 22.7 Å². The molecule has 0 radical (unpaired) electrons. The normalized spacial score (nSPS) is 13.6. The van der Waals surface area contributed by atoms with Gasteiger partial charge in [-0.15, -0.1) is 0 Å². The van der Waals surface area contributed by atoms with Crippen molar-refractivity contribution in [3.63, 3.8) is 0 Å². The molecule has 0 fully saturated rings. The van der Waals surface area contributed by atoms with E-state index in [1.54, 1.807) is 0 Å². The van der Waals surface area contributed by atoms with Gasteiger partial charge in [0.15, 0.2) is 0 Å². The molecule has 0 bridgehead atoms. The molecular formula is C43H27NO2. The van der Waals surface area contributed by atoms with Gasteiger partial charge in [0, 0.05) is 27.8 Å². The fourth-order valence-corrected chi connectivity index (χ4v) is 7.97. The van der Waals surface area contributed by atoms with Crippen molar-refractivity contribution in [1.82, 2.24) is 0 Å². The highest BCUT2D eigenvalue weighted by atomic mass is 16.5. The second kappa shape index (κ2) is 9.47. The predicted octanol–water partition coefficient (Wildman–Crippen LogP) is 11.5. The maximum Gasteiger partial charge on any atom is 0.137 e. The number of hydrogen-bond acceptors (Lipinski definition) is 3. The molecule has 1 spiro atoms. The number of hydrogen-bond donors (Lipinski definition) is 1. The summed E-state index contributed by atoms with van der Waals surface area (Å²) in [7, 11) is 0. The van der Waals surface area contributed by atoms with E-state index in [1.807, 2.05) is 18.2 Å². The molecule has 1 N–H and O–H groups in total. The lowest BCUT2D eigenvalue weighted by Crippen LogP contribution is -2.32. The molecule has 10 rings (SSSR count). The van der Waals surface area contributed by atoms with Crippen molar-refractivity contribution in [2.75, 3.05) is 5.32 Å². The lowest BCUT2D eigenvalue weighted by atomic mass is 9.65. The molecule has 0 amide bonds. The van der Waals surface area contributed by atoms with Crippen LogP contribution >= 0.6 is 0 Å². The van der Waals surface area contributed by atoms with E-state index in [4.69, 9.17) is 9.15 Å². The minimum atomic E-state index is -0.614. The summed E-state index contributed by atoms with van der Waals surface area (Å²) in [6.45, 7) is 0. The van der Waals surface area contributed by atoms with Gasteiger partial charge in [-0.05, 0) is 64.2 Å². The third-order valence-electron chi connectivity index (χ3n) is 9.74. The number of furan rings is 1. The monoisotopic (exact) mass is 589 g/mol. The zero-order valence-corrected chi connectivity index (χ0v) is 24.8. The van der Waals surface area contributed by atoms with Crippen molar-refractivity contribution in [2.24, 2.45) is 0 Å². The average Bonchev–Trinajstić information content (AvgIpc) is 3.65. The van der Waals surface area contributed by atoms with Gasteiger partial charge in [-0.25, -0.2) is 0 Å². The van der Waals surface area contributed by atoms with Crippen LogP contribution in [0.15, 0.2) is 162 Å². The molecule has 3 heteroatoms. The van der Waals surface area contributed by atoms with Crippen LogP contribution in [0.5, 0.6) is 11.5 Å². The zero-order valence-electron chi connectivity index (χ0n) is 24.8. The number of nitrogens with one attached hydrogen (secondary N) is 1. The first kappa shape index (κ1) is 25.3. The number of benzene rings is 7. The molecule has 8 aromatic rings. The summed E-state index contributed by atoms with van der Waals surface area (Å²) >= 11 is 0. The summed E-state index contributed by atoms with van der Waals surface area (Å²) in [4.78, 5) is 0. The molecule has 1 aliphatic heterocycles. The van der Waals surface area contributed by atoms with Gasteiger partial charge in [0.2, 0.25) is 0 Å². The van der Waals surface area contributed by atoms with Crippen molar-refractivity contribution in [2.45, 2.75) is 5.41 Å². The Morgan fingerprint density at radius 3 is 1.91 bits per heavy atom. The van der Waals surface area contributed by atoms with E-state index >= 15 is 0 Å². The molecule has 1 aromatic heterocycles. The molecule has 0 saturated heterocycles. The topological polar surface area (TPSA) is 34.4 Å². The quantitative estimate of drug-likeness (QED) is 0.223. The van der Waals surface area contributed by atoms with E-state index in [9.17, 15) is 0 Å². The summed E-state index contributed by atoms with van der Waals surface area (Å²) in [6.07, 6.45) is 0. The summed E-state index contributed by atoms with van der Waals surface area (Å²) in [5.74, 6) is 1.76.